The van der Waals surface area contributed by atoms with Gasteiger partial charge in [-0.05, 0) is 50.8 Å². The van der Waals surface area contributed by atoms with E-state index in [4.69, 9.17) is 4.74 Å². The number of ether oxygens (including phenoxy) is 1. The van der Waals surface area contributed by atoms with Gasteiger partial charge in [0.2, 0.25) is 0 Å². The Hall–Kier alpha value is -1.02. The van der Waals surface area contributed by atoms with Gasteiger partial charge in [0.05, 0.1) is 7.11 Å². The molecule has 1 unspecified atom stereocenters. The third kappa shape index (κ3) is 2.56. The molecule has 2 rings (SSSR count). The maximum absolute atomic E-state index is 5.37. The quantitative estimate of drug-likeness (QED) is 0.840. The van der Waals surface area contributed by atoms with Gasteiger partial charge >= 0.3 is 0 Å². The number of nitrogens with one attached hydrogen (secondary N) is 1. The fourth-order valence-electron chi connectivity index (χ4n) is 2.49. The van der Waals surface area contributed by atoms with E-state index in [1.54, 1.807) is 7.11 Å². The van der Waals surface area contributed by atoms with E-state index in [2.05, 4.69) is 24.4 Å². The van der Waals surface area contributed by atoms with Gasteiger partial charge in [0.25, 0.3) is 0 Å². The molecular weight excluding hydrogens is 198 g/mol. The number of para-hydroxylation sites is 1. The summed E-state index contributed by atoms with van der Waals surface area (Å²) in [5, 5.41) is 3.60. The van der Waals surface area contributed by atoms with Crippen LogP contribution in [0.4, 0.5) is 0 Å². The Bertz CT molecular complexity index is 342. The maximum Gasteiger partial charge on any atom is 0.122 e. The highest BCUT2D eigenvalue weighted by Gasteiger charge is 2.27. The summed E-state index contributed by atoms with van der Waals surface area (Å²) < 4.78 is 5.37. The van der Waals surface area contributed by atoms with Crippen LogP contribution in [0.1, 0.15) is 31.7 Å². The van der Waals surface area contributed by atoms with E-state index >= 15 is 0 Å². The van der Waals surface area contributed by atoms with Crippen LogP contribution in [-0.4, -0.2) is 19.2 Å². The molecule has 0 spiro atoms. The van der Waals surface area contributed by atoms with Gasteiger partial charge in [0.1, 0.15) is 5.75 Å². The van der Waals surface area contributed by atoms with Crippen LogP contribution in [0.2, 0.25) is 0 Å². The summed E-state index contributed by atoms with van der Waals surface area (Å²) in [5.41, 5.74) is 1.65. The largest absolute Gasteiger partial charge is 0.496 e. The highest BCUT2D eigenvalue weighted by molar-refractivity contribution is 5.33. The molecule has 2 nitrogen and oxygen atoms in total. The van der Waals surface area contributed by atoms with Crippen molar-refractivity contribution in [2.75, 3.05) is 13.7 Å². The summed E-state index contributed by atoms with van der Waals surface area (Å²) in [6, 6.07) is 8.32. The van der Waals surface area contributed by atoms with Gasteiger partial charge in [-0.2, -0.15) is 0 Å². The van der Waals surface area contributed by atoms with Crippen LogP contribution >= 0.6 is 0 Å². The van der Waals surface area contributed by atoms with E-state index in [-0.39, 0.29) is 0 Å². The van der Waals surface area contributed by atoms with Crippen LogP contribution in [0.15, 0.2) is 24.3 Å². The van der Waals surface area contributed by atoms with Gasteiger partial charge in [-0.25, -0.2) is 0 Å². The lowest BCUT2D eigenvalue weighted by atomic mass is 9.91. The maximum atomic E-state index is 5.37. The fourth-order valence-corrected chi connectivity index (χ4v) is 2.49. The minimum Gasteiger partial charge on any atom is -0.496 e. The minimum atomic E-state index is 0.334. The van der Waals surface area contributed by atoms with Gasteiger partial charge in [-0.1, -0.05) is 18.2 Å². The molecule has 0 amide bonds. The van der Waals surface area contributed by atoms with Crippen molar-refractivity contribution in [2.24, 2.45) is 0 Å². The van der Waals surface area contributed by atoms with Gasteiger partial charge in [0.15, 0.2) is 0 Å². The number of rotatable bonds is 4. The number of methoxy groups -OCH3 is 1. The highest BCUT2D eigenvalue weighted by atomic mass is 16.5. The Morgan fingerprint density at radius 3 is 2.88 bits per heavy atom. The first kappa shape index (κ1) is 11.5. The van der Waals surface area contributed by atoms with E-state index in [1.807, 2.05) is 12.1 Å². The molecule has 0 aromatic heterocycles. The molecule has 0 saturated carbocycles. The second kappa shape index (κ2) is 4.88. The van der Waals surface area contributed by atoms with Crippen molar-refractivity contribution in [3.8, 4) is 5.75 Å². The predicted octanol–water partition coefficient (Wildman–Crippen LogP) is 2.77. The summed E-state index contributed by atoms with van der Waals surface area (Å²) in [7, 11) is 1.74. The first-order valence-corrected chi connectivity index (χ1v) is 6.10. The molecule has 1 atom stereocenters. The van der Waals surface area contributed by atoms with Gasteiger partial charge in [-0.15, -0.1) is 0 Å². The first-order chi connectivity index (χ1) is 7.73. The molecule has 16 heavy (non-hydrogen) atoms. The average molecular weight is 219 g/mol. The third-order valence-corrected chi connectivity index (χ3v) is 3.60. The third-order valence-electron chi connectivity index (χ3n) is 3.60. The summed E-state index contributed by atoms with van der Waals surface area (Å²) in [5.74, 6) is 1.02. The SMILES string of the molecule is COc1ccccc1CCC1(C)CCCN1. The molecule has 1 aromatic rings. The Kier molecular flexibility index (Phi) is 3.49. The zero-order valence-electron chi connectivity index (χ0n) is 10.3. The van der Waals surface area contributed by atoms with E-state index in [1.165, 1.54) is 31.4 Å². The first-order valence-electron chi connectivity index (χ1n) is 6.10. The zero-order valence-corrected chi connectivity index (χ0v) is 10.3. The second-order valence-corrected chi connectivity index (χ2v) is 4.90. The van der Waals surface area contributed by atoms with Crippen LogP contribution in [0.3, 0.4) is 0 Å². The molecule has 0 radical (unpaired) electrons. The molecule has 1 aliphatic rings. The number of hydrogen-bond acceptors (Lipinski definition) is 2. The van der Waals surface area contributed by atoms with Gasteiger partial charge in [0, 0.05) is 5.54 Å². The molecule has 2 heteroatoms. The molecule has 1 N–H and O–H groups in total. The second-order valence-electron chi connectivity index (χ2n) is 4.90. The lowest BCUT2D eigenvalue weighted by Gasteiger charge is -2.24. The van der Waals surface area contributed by atoms with Crippen LogP contribution in [0.5, 0.6) is 5.75 Å². The number of hydrogen-bond donors (Lipinski definition) is 1. The van der Waals surface area contributed by atoms with Crippen molar-refractivity contribution in [3.05, 3.63) is 29.8 Å². The molecule has 1 heterocycles. The lowest BCUT2D eigenvalue weighted by Crippen LogP contribution is -2.36. The van der Waals surface area contributed by atoms with Crippen molar-refractivity contribution in [1.82, 2.24) is 5.32 Å². The van der Waals surface area contributed by atoms with Crippen molar-refractivity contribution >= 4 is 0 Å². The number of aryl methyl sites for hydroxylation is 1. The lowest BCUT2D eigenvalue weighted by molar-refractivity contribution is 0.375. The fraction of sp³-hybridized carbons (Fsp3) is 0.571. The van der Waals surface area contributed by atoms with Gasteiger partial charge < -0.3 is 10.1 Å². The monoisotopic (exact) mass is 219 g/mol. The smallest absolute Gasteiger partial charge is 0.122 e. The highest BCUT2D eigenvalue weighted by Crippen LogP contribution is 2.27. The number of benzene rings is 1. The van der Waals surface area contributed by atoms with E-state index in [0.717, 1.165) is 12.2 Å². The zero-order chi connectivity index (χ0) is 11.4. The molecule has 1 aromatic carbocycles. The van der Waals surface area contributed by atoms with E-state index < -0.39 is 0 Å². The van der Waals surface area contributed by atoms with Crippen LogP contribution < -0.4 is 10.1 Å². The van der Waals surface area contributed by atoms with Crippen LogP contribution in [0.25, 0.3) is 0 Å². The molecule has 1 fully saturated rings. The molecular formula is C14H21NO. The Morgan fingerprint density at radius 2 is 2.19 bits per heavy atom. The molecule has 1 saturated heterocycles. The minimum absolute atomic E-state index is 0.334. The van der Waals surface area contributed by atoms with Gasteiger partial charge in [-0.3, -0.25) is 0 Å². The normalized spacial score (nSPS) is 24.6. The summed E-state index contributed by atoms with van der Waals surface area (Å²) in [6.45, 7) is 3.50. The molecule has 88 valence electrons. The summed E-state index contributed by atoms with van der Waals surface area (Å²) in [4.78, 5) is 0. The summed E-state index contributed by atoms with van der Waals surface area (Å²) in [6.07, 6.45) is 4.88. The molecule has 1 aliphatic heterocycles. The van der Waals surface area contributed by atoms with Crippen molar-refractivity contribution in [2.45, 2.75) is 38.1 Å². The Balaban J connectivity index is 1.98. The van der Waals surface area contributed by atoms with E-state index in [9.17, 15) is 0 Å². The van der Waals surface area contributed by atoms with Crippen LogP contribution in [-0.2, 0) is 6.42 Å². The van der Waals surface area contributed by atoms with Crippen molar-refractivity contribution in [3.63, 3.8) is 0 Å². The van der Waals surface area contributed by atoms with Crippen molar-refractivity contribution in [1.29, 1.82) is 0 Å². The topological polar surface area (TPSA) is 21.3 Å². The molecule has 0 bridgehead atoms. The van der Waals surface area contributed by atoms with Crippen molar-refractivity contribution < 1.29 is 4.74 Å². The Labute approximate surface area is 98.0 Å². The van der Waals surface area contributed by atoms with Crippen LogP contribution in [0, 0.1) is 0 Å². The standard InChI is InChI=1S/C14H21NO/c1-14(9-5-11-15-14)10-8-12-6-3-4-7-13(12)16-2/h3-4,6-7,15H,5,8-11H2,1-2H3. The molecule has 0 aliphatic carbocycles. The Morgan fingerprint density at radius 1 is 1.38 bits per heavy atom. The average Bonchev–Trinajstić information content (AvgIpc) is 2.74. The van der Waals surface area contributed by atoms with E-state index in [0.29, 0.717) is 5.54 Å². The predicted molar refractivity (Wildman–Crippen MR) is 67.0 cm³/mol. The summed E-state index contributed by atoms with van der Waals surface area (Å²) >= 11 is 0.